The minimum atomic E-state index is -0.414. The van der Waals surface area contributed by atoms with Gasteiger partial charge in [-0.05, 0) is 62.6 Å². The van der Waals surface area contributed by atoms with E-state index in [2.05, 4.69) is 122 Å². The van der Waals surface area contributed by atoms with Gasteiger partial charge in [0.1, 0.15) is 0 Å². The van der Waals surface area contributed by atoms with Crippen LogP contribution < -0.4 is 0 Å². The summed E-state index contributed by atoms with van der Waals surface area (Å²) >= 11 is 0. The Morgan fingerprint density at radius 2 is 1.02 bits per heavy atom. The molecule has 0 saturated carbocycles. The molecule has 1 spiro atoms. The second-order valence-electron chi connectivity index (χ2n) is 12.7. The van der Waals surface area contributed by atoms with Gasteiger partial charge < -0.3 is 0 Å². The van der Waals surface area contributed by atoms with Crippen molar-refractivity contribution in [2.24, 2.45) is 0 Å². The Morgan fingerprint density at radius 3 is 1.68 bits per heavy atom. The van der Waals surface area contributed by atoms with Crippen molar-refractivity contribution in [3.8, 4) is 56.2 Å². The lowest BCUT2D eigenvalue weighted by atomic mass is 9.70. The smallest absolute Gasteiger partial charge is 0.164 e. The molecule has 3 heteroatoms. The highest BCUT2D eigenvalue weighted by Crippen LogP contribution is 2.64. The second kappa shape index (κ2) is 11.9. The van der Waals surface area contributed by atoms with Crippen molar-refractivity contribution in [3.63, 3.8) is 0 Å². The van der Waals surface area contributed by atoms with E-state index >= 15 is 0 Å². The van der Waals surface area contributed by atoms with E-state index in [4.69, 9.17) is 15.0 Å². The zero-order chi connectivity index (χ0) is 33.7. The fraction of sp³-hybridized carbons (Fsp3) is 0.0426. The molecule has 9 rings (SSSR count). The van der Waals surface area contributed by atoms with E-state index in [1.54, 1.807) is 6.08 Å². The third kappa shape index (κ3) is 4.33. The molecule has 0 unspecified atom stereocenters. The van der Waals surface area contributed by atoms with Crippen LogP contribution in [-0.4, -0.2) is 15.0 Å². The van der Waals surface area contributed by atoms with Crippen LogP contribution in [0, 0.1) is 0 Å². The van der Waals surface area contributed by atoms with E-state index < -0.39 is 5.41 Å². The van der Waals surface area contributed by atoms with Crippen LogP contribution in [0.1, 0.15) is 35.0 Å². The molecule has 0 saturated heterocycles. The number of fused-ring (bicyclic) bond motifs is 10. The molecule has 7 aromatic rings. The maximum Gasteiger partial charge on any atom is 0.164 e. The van der Waals surface area contributed by atoms with Gasteiger partial charge in [0.05, 0.1) is 5.41 Å². The van der Waals surface area contributed by atoms with Crippen molar-refractivity contribution in [2.45, 2.75) is 12.3 Å². The Balaban J connectivity index is 1.31. The summed E-state index contributed by atoms with van der Waals surface area (Å²) in [5.74, 6) is 1.88. The first-order chi connectivity index (χ1) is 24.7. The molecule has 0 N–H and O–H groups in total. The van der Waals surface area contributed by atoms with Gasteiger partial charge >= 0.3 is 0 Å². The van der Waals surface area contributed by atoms with Crippen LogP contribution in [0.2, 0.25) is 0 Å². The van der Waals surface area contributed by atoms with Gasteiger partial charge in [0.25, 0.3) is 0 Å². The van der Waals surface area contributed by atoms with Gasteiger partial charge in [-0.15, -0.1) is 0 Å². The lowest BCUT2D eigenvalue weighted by molar-refractivity contribution is 0.794. The molecular weight excluding hydrogens is 607 g/mol. The molecule has 2 aliphatic carbocycles. The maximum absolute atomic E-state index is 5.13. The topological polar surface area (TPSA) is 38.7 Å². The molecular formula is C47H33N3. The Bertz CT molecular complexity index is 2480. The van der Waals surface area contributed by atoms with Gasteiger partial charge in [-0.2, -0.15) is 0 Å². The minimum absolute atomic E-state index is 0.414. The average molecular weight is 640 g/mol. The molecule has 0 fully saturated rings. The fourth-order valence-electron chi connectivity index (χ4n) is 8.09. The van der Waals surface area contributed by atoms with Gasteiger partial charge in [0.15, 0.2) is 17.5 Å². The molecule has 1 heterocycles. The van der Waals surface area contributed by atoms with Gasteiger partial charge in [-0.25, -0.2) is 15.0 Å². The molecule has 6 aromatic carbocycles. The van der Waals surface area contributed by atoms with Crippen LogP contribution in [0.25, 0.3) is 61.7 Å². The molecule has 0 aliphatic heterocycles. The lowest BCUT2D eigenvalue weighted by Crippen LogP contribution is -2.25. The first-order valence-corrected chi connectivity index (χ1v) is 17.0. The maximum atomic E-state index is 5.13. The Hall–Kier alpha value is -6.45. The van der Waals surface area contributed by atoms with Crippen molar-refractivity contribution in [3.05, 3.63) is 205 Å². The number of hydrogen-bond donors (Lipinski definition) is 0. The summed E-state index contributed by atoms with van der Waals surface area (Å²) in [4.78, 5) is 15.2. The number of aromatic nitrogens is 3. The summed E-state index contributed by atoms with van der Waals surface area (Å²) in [6, 6.07) is 52.2. The first kappa shape index (κ1) is 29.7. The van der Waals surface area contributed by atoms with Crippen molar-refractivity contribution in [1.82, 2.24) is 15.0 Å². The van der Waals surface area contributed by atoms with Crippen molar-refractivity contribution < 1.29 is 0 Å². The quantitative estimate of drug-likeness (QED) is 0.170. The number of nitrogens with zero attached hydrogens (tertiary/aromatic N) is 3. The molecule has 2 aliphatic rings. The predicted octanol–water partition coefficient (Wildman–Crippen LogP) is 11.4. The molecule has 0 bridgehead atoms. The molecule has 50 heavy (non-hydrogen) atoms. The SMILES string of the molecule is C=C/C=C\C(=C/C)c1nc(-c2ccccc2)nc(-c2ccccc2-c2cccc3c2-c2ccccc2C32c3ccccc3-c3ccccc32)n1. The molecule has 236 valence electrons. The van der Waals surface area contributed by atoms with E-state index in [-0.39, 0.29) is 0 Å². The normalized spacial score (nSPS) is 13.6. The second-order valence-corrected chi connectivity index (χ2v) is 12.7. The lowest BCUT2D eigenvalue weighted by Gasteiger charge is -2.30. The standard InChI is InChI=1S/C47H33N3/c1-3-5-18-31(4-2)44-48-45(32-19-7-6-8-20-32)50-46(49-44)37-24-10-9-21-33(37)36-26-17-30-42-43(36)38-25-13-16-29-41(38)47(42)39-27-14-11-22-34(39)35-23-12-15-28-40(35)47/h3-30H,1H2,2H3/b18-5-,31-4+. The van der Waals surface area contributed by atoms with E-state index in [0.717, 1.165) is 27.8 Å². The van der Waals surface area contributed by atoms with E-state index in [1.807, 2.05) is 55.5 Å². The average Bonchev–Trinajstić information content (AvgIpc) is 3.66. The van der Waals surface area contributed by atoms with Crippen molar-refractivity contribution in [2.75, 3.05) is 0 Å². The summed E-state index contributed by atoms with van der Waals surface area (Å²) in [6.07, 6.45) is 7.69. The summed E-state index contributed by atoms with van der Waals surface area (Å²) in [7, 11) is 0. The van der Waals surface area contributed by atoms with Crippen LogP contribution >= 0.6 is 0 Å². The van der Waals surface area contributed by atoms with Crippen LogP contribution in [0.3, 0.4) is 0 Å². The molecule has 0 atom stereocenters. The van der Waals surface area contributed by atoms with Crippen LogP contribution in [0.5, 0.6) is 0 Å². The van der Waals surface area contributed by atoms with E-state index in [1.165, 1.54) is 44.5 Å². The Morgan fingerprint density at radius 1 is 0.500 bits per heavy atom. The van der Waals surface area contributed by atoms with Gasteiger partial charge in [-0.1, -0.05) is 176 Å². The Kier molecular flexibility index (Phi) is 7.06. The molecule has 0 amide bonds. The van der Waals surface area contributed by atoms with Crippen molar-refractivity contribution >= 4 is 5.57 Å². The predicted molar refractivity (Wildman–Crippen MR) is 205 cm³/mol. The van der Waals surface area contributed by atoms with Crippen molar-refractivity contribution in [1.29, 1.82) is 0 Å². The van der Waals surface area contributed by atoms with Crippen LogP contribution in [0.4, 0.5) is 0 Å². The molecule has 3 nitrogen and oxygen atoms in total. The molecule has 0 radical (unpaired) electrons. The number of allylic oxidation sites excluding steroid dienone is 5. The summed E-state index contributed by atoms with van der Waals surface area (Å²) in [5, 5.41) is 0. The minimum Gasteiger partial charge on any atom is -0.208 e. The molecule has 1 aromatic heterocycles. The highest BCUT2D eigenvalue weighted by molar-refractivity contribution is 6.01. The largest absolute Gasteiger partial charge is 0.208 e. The summed E-state index contributed by atoms with van der Waals surface area (Å²) in [6.45, 7) is 5.87. The highest BCUT2D eigenvalue weighted by atomic mass is 15.0. The third-order valence-electron chi connectivity index (χ3n) is 10.1. The fourth-order valence-corrected chi connectivity index (χ4v) is 8.09. The first-order valence-electron chi connectivity index (χ1n) is 17.0. The Labute approximate surface area is 292 Å². The van der Waals surface area contributed by atoms with E-state index in [0.29, 0.717) is 17.5 Å². The number of hydrogen-bond acceptors (Lipinski definition) is 3. The number of benzene rings is 6. The third-order valence-corrected chi connectivity index (χ3v) is 10.1. The van der Waals surface area contributed by atoms with E-state index in [9.17, 15) is 0 Å². The van der Waals surface area contributed by atoms with Gasteiger partial charge in [-0.3, -0.25) is 0 Å². The van der Waals surface area contributed by atoms with Gasteiger partial charge in [0.2, 0.25) is 0 Å². The van der Waals surface area contributed by atoms with Gasteiger partial charge in [0, 0.05) is 16.7 Å². The van der Waals surface area contributed by atoms with Crippen LogP contribution in [-0.2, 0) is 5.41 Å². The monoisotopic (exact) mass is 639 g/mol. The highest BCUT2D eigenvalue weighted by Gasteiger charge is 2.52. The van der Waals surface area contributed by atoms with Crippen LogP contribution in [0.15, 0.2) is 176 Å². The zero-order valence-electron chi connectivity index (χ0n) is 27.7. The summed E-state index contributed by atoms with van der Waals surface area (Å²) in [5.41, 5.74) is 15.0. The number of rotatable bonds is 6. The zero-order valence-corrected chi connectivity index (χ0v) is 27.7. The summed E-state index contributed by atoms with van der Waals surface area (Å²) < 4.78 is 0.